The summed E-state index contributed by atoms with van der Waals surface area (Å²) in [4.78, 5) is 36.6. The lowest BCUT2D eigenvalue weighted by molar-refractivity contribution is 0.0955. The third-order valence-electron chi connectivity index (χ3n) is 3.12. The summed E-state index contributed by atoms with van der Waals surface area (Å²) in [6.07, 6.45) is 7.62. The molecule has 0 radical (unpaired) electrons. The van der Waals surface area contributed by atoms with Crippen molar-refractivity contribution >= 4 is 28.8 Å². The summed E-state index contributed by atoms with van der Waals surface area (Å²) in [5, 5.41) is 7.25. The molecule has 0 atom stereocenters. The molecule has 0 aromatic carbocycles. The molecule has 3 rings (SSSR count). The minimum absolute atomic E-state index is 0.187. The van der Waals surface area contributed by atoms with Gasteiger partial charge in [-0.1, -0.05) is 0 Å². The first-order valence-corrected chi connectivity index (χ1v) is 7.94. The molecule has 0 spiro atoms. The molecule has 0 saturated heterocycles. The highest BCUT2D eigenvalue weighted by Crippen LogP contribution is 2.22. The molecule has 7 nitrogen and oxygen atoms in total. The quantitative estimate of drug-likeness (QED) is 0.742. The monoisotopic (exact) mass is 339 g/mol. The number of anilines is 1. The van der Waals surface area contributed by atoms with Gasteiger partial charge in [-0.3, -0.25) is 19.6 Å². The highest BCUT2D eigenvalue weighted by molar-refractivity contribution is 7.12. The van der Waals surface area contributed by atoms with E-state index in [2.05, 4.69) is 25.6 Å². The van der Waals surface area contributed by atoms with Gasteiger partial charge in [0.05, 0.1) is 11.9 Å². The Hall–Kier alpha value is -3.13. The van der Waals surface area contributed by atoms with Crippen LogP contribution in [-0.4, -0.2) is 26.8 Å². The topological polar surface area (TPSA) is 96.9 Å². The number of thiophene rings is 1. The normalized spacial score (nSPS) is 10.2. The highest BCUT2D eigenvalue weighted by Gasteiger charge is 2.16. The second-order valence-electron chi connectivity index (χ2n) is 4.75. The smallest absolute Gasteiger partial charge is 0.275 e. The first-order valence-electron chi connectivity index (χ1n) is 7.06. The summed E-state index contributed by atoms with van der Waals surface area (Å²) in [6.45, 7) is 0.386. The number of hydrogen-bond acceptors (Lipinski definition) is 6. The molecule has 3 aromatic heterocycles. The zero-order chi connectivity index (χ0) is 16.8. The molecular formula is C16H13N5O2S. The van der Waals surface area contributed by atoms with Crippen LogP contribution in [-0.2, 0) is 6.54 Å². The van der Waals surface area contributed by atoms with E-state index >= 15 is 0 Å². The van der Waals surface area contributed by atoms with Crippen molar-refractivity contribution < 1.29 is 9.59 Å². The molecule has 8 heteroatoms. The fourth-order valence-electron chi connectivity index (χ4n) is 1.95. The number of rotatable bonds is 5. The largest absolute Gasteiger partial charge is 0.347 e. The van der Waals surface area contributed by atoms with Crippen LogP contribution in [0.1, 0.15) is 25.7 Å². The fourth-order valence-corrected chi connectivity index (χ4v) is 2.71. The molecule has 0 aliphatic rings. The summed E-state index contributed by atoms with van der Waals surface area (Å²) < 4.78 is 0. The minimum atomic E-state index is -0.412. The third-order valence-corrected chi connectivity index (χ3v) is 4.03. The Morgan fingerprint density at radius 3 is 2.58 bits per heavy atom. The summed E-state index contributed by atoms with van der Waals surface area (Å²) in [5.41, 5.74) is 1.58. The molecule has 0 unspecified atom stereocenters. The van der Waals surface area contributed by atoms with E-state index in [1.54, 1.807) is 23.8 Å². The number of carbonyl (C=O) groups is 2. The van der Waals surface area contributed by atoms with Crippen LogP contribution in [0.5, 0.6) is 0 Å². The molecule has 0 saturated carbocycles. The zero-order valence-electron chi connectivity index (χ0n) is 12.5. The number of nitrogens with one attached hydrogen (secondary N) is 2. The van der Waals surface area contributed by atoms with Crippen LogP contribution >= 0.6 is 11.3 Å². The van der Waals surface area contributed by atoms with Gasteiger partial charge in [0.1, 0.15) is 10.6 Å². The van der Waals surface area contributed by atoms with E-state index in [1.165, 1.54) is 29.9 Å². The number of hydrogen-bond donors (Lipinski definition) is 2. The molecule has 3 heterocycles. The fraction of sp³-hybridized carbons (Fsp3) is 0.0625. The van der Waals surface area contributed by atoms with Crippen LogP contribution in [0.3, 0.4) is 0 Å². The molecular weight excluding hydrogens is 326 g/mol. The lowest BCUT2D eigenvalue weighted by atomic mass is 10.2. The predicted molar refractivity (Wildman–Crippen MR) is 89.7 cm³/mol. The third kappa shape index (κ3) is 3.79. The van der Waals surface area contributed by atoms with E-state index in [-0.39, 0.29) is 11.6 Å². The molecule has 120 valence electrons. The number of amides is 2. The molecule has 0 aliphatic heterocycles. The van der Waals surface area contributed by atoms with Gasteiger partial charge in [0.25, 0.3) is 11.8 Å². The Morgan fingerprint density at radius 1 is 1.00 bits per heavy atom. The number of carbonyl (C=O) groups excluding carboxylic acids is 2. The Morgan fingerprint density at radius 2 is 1.83 bits per heavy atom. The standard InChI is InChI=1S/C16H13N5O2S/c22-15(13-10-18-6-7-19-13)21-12-3-8-24-14(12)16(23)20-9-11-1-4-17-5-2-11/h1-8,10H,9H2,(H,20,23)(H,21,22). The Bertz CT molecular complexity index is 836. The van der Waals surface area contributed by atoms with Gasteiger partial charge >= 0.3 is 0 Å². The summed E-state index contributed by atoms with van der Waals surface area (Å²) in [6, 6.07) is 5.33. The summed E-state index contributed by atoms with van der Waals surface area (Å²) in [7, 11) is 0. The molecule has 0 bridgehead atoms. The van der Waals surface area contributed by atoms with E-state index in [0.717, 1.165) is 5.56 Å². The van der Waals surface area contributed by atoms with Crippen LogP contribution in [0, 0.1) is 0 Å². The Balaban J connectivity index is 1.66. The van der Waals surface area contributed by atoms with Crippen LogP contribution in [0.15, 0.2) is 54.6 Å². The van der Waals surface area contributed by atoms with E-state index in [4.69, 9.17) is 0 Å². The van der Waals surface area contributed by atoms with Crippen LogP contribution in [0.4, 0.5) is 5.69 Å². The maximum Gasteiger partial charge on any atom is 0.275 e. The molecule has 0 aliphatic carbocycles. The predicted octanol–water partition coefficient (Wildman–Crippen LogP) is 2.12. The number of pyridine rings is 1. The molecule has 0 fully saturated rings. The summed E-state index contributed by atoms with van der Waals surface area (Å²) in [5.74, 6) is -0.666. The SMILES string of the molecule is O=C(Nc1ccsc1C(=O)NCc1ccncc1)c1cnccn1. The van der Waals surface area contributed by atoms with Gasteiger partial charge in [0.2, 0.25) is 0 Å². The highest BCUT2D eigenvalue weighted by atomic mass is 32.1. The van der Waals surface area contributed by atoms with E-state index in [1.807, 2.05) is 12.1 Å². The lowest BCUT2D eigenvalue weighted by Gasteiger charge is -2.07. The van der Waals surface area contributed by atoms with Crippen molar-refractivity contribution in [2.75, 3.05) is 5.32 Å². The first-order chi connectivity index (χ1) is 11.7. The average molecular weight is 339 g/mol. The molecule has 3 aromatic rings. The number of nitrogens with zero attached hydrogens (tertiary/aromatic N) is 3. The van der Waals surface area contributed by atoms with Crippen LogP contribution in [0.25, 0.3) is 0 Å². The van der Waals surface area contributed by atoms with Crippen molar-refractivity contribution in [3.63, 3.8) is 0 Å². The van der Waals surface area contributed by atoms with Crippen molar-refractivity contribution in [3.05, 3.63) is 70.7 Å². The summed E-state index contributed by atoms with van der Waals surface area (Å²) >= 11 is 1.25. The van der Waals surface area contributed by atoms with Crippen molar-refractivity contribution in [1.29, 1.82) is 0 Å². The van der Waals surface area contributed by atoms with Crippen molar-refractivity contribution in [2.24, 2.45) is 0 Å². The Kier molecular flexibility index (Phi) is 4.87. The average Bonchev–Trinajstić information content (AvgIpc) is 3.09. The van der Waals surface area contributed by atoms with Gasteiger partial charge in [-0.05, 0) is 29.1 Å². The van der Waals surface area contributed by atoms with Gasteiger partial charge < -0.3 is 10.6 Å². The van der Waals surface area contributed by atoms with E-state index in [9.17, 15) is 9.59 Å². The van der Waals surface area contributed by atoms with Crippen molar-refractivity contribution in [3.8, 4) is 0 Å². The number of aromatic nitrogens is 3. The Labute approximate surface area is 141 Å². The second-order valence-corrected chi connectivity index (χ2v) is 5.66. The molecule has 2 N–H and O–H groups in total. The van der Waals surface area contributed by atoms with Crippen LogP contribution < -0.4 is 10.6 Å². The lowest BCUT2D eigenvalue weighted by Crippen LogP contribution is -2.23. The van der Waals surface area contributed by atoms with Gasteiger partial charge in [0, 0.05) is 31.3 Å². The van der Waals surface area contributed by atoms with Gasteiger partial charge in [0.15, 0.2) is 0 Å². The van der Waals surface area contributed by atoms with E-state index < -0.39 is 5.91 Å². The minimum Gasteiger partial charge on any atom is -0.347 e. The maximum atomic E-state index is 12.3. The van der Waals surface area contributed by atoms with Crippen LogP contribution in [0.2, 0.25) is 0 Å². The van der Waals surface area contributed by atoms with Crippen molar-refractivity contribution in [1.82, 2.24) is 20.3 Å². The van der Waals surface area contributed by atoms with E-state index in [0.29, 0.717) is 17.1 Å². The molecule has 24 heavy (non-hydrogen) atoms. The van der Waals surface area contributed by atoms with Gasteiger partial charge in [-0.15, -0.1) is 11.3 Å². The zero-order valence-corrected chi connectivity index (χ0v) is 13.3. The van der Waals surface area contributed by atoms with Gasteiger partial charge in [-0.25, -0.2) is 4.98 Å². The maximum absolute atomic E-state index is 12.3. The van der Waals surface area contributed by atoms with Crippen molar-refractivity contribution in [2.45, 2.75) is 6.54 Å². The van der Waals surface area contributed by atoms with Gasteiger partial charge in [-0.2, -0.15) is 0 Å². The first kappa shape index (κ1) is 15.8. The molecule has 2 amide bonds. The second kappa shape index (κ2) is 7.42.